The predicted molar refractivity (Wildman–Crippen MR) is 132 cm³/mol. The van der Waals surface area contributed by atoms with Gasteiger partial charge in [0, 0.05) is 24.8 Å². The van der Waals surface area contributed by atoms with Gasteiger partial charge in [0.05, 0.1) is 6.04 Å². The van der Waals surface area contributed by atoms with Crippen LogP contribution in [-0.4, -0.2) is 43.0 Å². The quantitative estimate of drug-likeness (QED) is 0.454. The fraction of sp³-hybridized carbons (Fsp3) is 0.462. The maximum atomic E-state index is 13.9. The molecule has 0 spiro atoms. The molecule has 1 saturated carbocycles. The number of aromatic hydroxyl groups is 2. The minimum absolute atomic E-state index is 0.0509. The standard InChI is InChI=1S/C26H30FN3O5S/c27-20-3-1-2-4-24(20)36(34,35)28-14-15-5-7-16(8-6-15)26(33)30-25-13-19-18-12-23(32)22(31)11-17(18)9-10-21(19)29-25/h1-4,11-12,15-16,19,21,28,31-32H,5-10,13-14H2,(H,29,30,33)/t15?,16?,19-,21+/m0/s1. The highest BCUT2D eigenvalue weighted by molar-refractivity contribution is 7.89. The summed E-state index contributed by atoms with van der Waals surface area (Å²) in [7, 11) is -3.92. The second kappa shape index (κ2) is 9.82. The first kappa shape index (κ1) is 24.7. The summed E-state index contributed by atoms with van der Waals surface area (Å²) in [4.78, 5) is 17.3. The van der Waals surface area contributed by atoms with E-state index in [1.54, 1.807) is 12.1 Å². The van der Waals surface area contributed by atoms with Crippen LogP contribution in [0.5, 0.6) is 11.5 Å². The highest BCUT2D eigenvalue weighted by Crippen LogP contribution is 2.43. The monoisotopic (exact) mass is 515 g/mol. The molecule has 10 heteroatoms. The Bertz CT molecular complexity index is 1300. The molecule has 3 aliphatic rings. The summed E-state index contributed by atoms with van der Waals surface area (Å²) < 4.78 is 41.2. The van der Waals surface area contributed by atoms with Crippen LogP contribution in [0, 0.1) is 17.7 Å². The molecule has 1 fully saturated rings. The first-order chi connectivity index (χ1) is 17.2. The molecule has 36 heavy (non-hydrogen) atoms. The van der Waals surface area contributed by atoms with Gasteiger partial charge in [0.1, 0.15) is 16.5 Å². The number of amides is 1. The van der Waals surface area contributed by atoms with Gasteiger partial charge in [0.25, 0.3) is 0 Å². The third-order valence-electron chi connectivity index (χ3n) is 7.72. The number of hydrogen-bond donors (Lipinski definition) is 4. The van der Waals surface area contributed by atoms with E-state index in [-0.39, 0.29) is 52.6 Å². The third kappa shape index (κ3) is 4.97. The fourth-order valence-corrected chi connectivity index (χ4v) is 6.89. The van der Waals surface area contributed by atoms with Gasteiger partial charge in [-0.25, -0.2) is 17.5 Å². The first-order valence-corrected chi connectivity index (χ1v) is 13.9. The van der Waals surface area contributed by atoms with Crippen LogP contribution >= 0.6 is 0 Å². The summed E-state index contributed by atoms with van der Waals surface area (Å²) in [5.41, 5.74) is 1.99. The van der Waals surface area contributed by atoms with E-state index in [9.17, 15) is 27.8 Å². The average molecular weight is 516 g/mol. The zero-order chi connectivity index (χ0) is 25.4. The van der Waals surface area contributed by atoms with E-state index in [4.69, 9.17) is 4.99 Å². The molecule has 2 aromatic rings. The van der Waals surface area contributed by atoms with E-state index in [1.165, 1.54) is 18.2 Å². The van der Waals surface area contributed by atoms with Crippen molar-refractivity contribution in [3.8, 4) is 11.5 Å². The van der Waals surface area contributed by atoms with Crippen LogP contribution < -0.4 is 10.0 Å². The molecule has 0 aromatic heterocycles. The number of nitrogens with one attached hydrogen (secondary N) is 2. The number of phenols is 2. The lowest BCUT2D eigenvalue weighted by atomic mass is 9.79. The van der Waals surface area contributed by atoms with Crippen molar-refractivity contribution in [1.82, 2.24) is 10.0 Å². The van der Waals surface area contributed by atoms with E-state index < -0.39 is 15.8 Å². The number of carbonyl (C=O) groups excluding carboxylic acids is 1. The molecular formula is C26H30FN3O5S. The summed E-state index contributed by atoms with van der Waals surface area (Å²) in [5.74, 6) is -0.435. The Morgan fingerprint density at radius 1 is 1.06 bits per heavy atom. The zero-order valence-corrected chi connectivity index (χ0v) is 20.6. The summed E-state index contributed by atoms with van der Waals surface area (Å²) in [5, 5.41) is 22.7. The second-order valence-electron chi connectivity index (χ2n) is 10.0. The summed E-state index contributed by atoms with van der Waals surface area (Å²) in [6, 6.07) is 8.58. The van der Waals surface area contributed by atoms with Crippen LogP contribution in [0.2, 0.25) is 0 Å². The highest BCUT2D eigenvalue weighted by Gasteiger charge is 2.37. The van der Waals surface area contributed by atoms with Gasteiger partial charge in [-0.05, 0) is 79.8 Å². The Kier molecular flexibility index (Phi) is 6.74. The van der Waals surface area contributed by atoms with Gasteiger partial charge in [-0.1, -0.05) is 12.1 Å². The third-order valence-corrected chi connectivity index (χ3v) is 9.17. The number of halogens is 1. The highest BCUT2D eigenvalue weighted by atomic mass is 32.2. The molecule has 0 radical (unpaired) electrons. The van der Waals surface area contributed by atoms with Crippen molar-refractivity contribution >= 4 is 21.8 Å². The van der Waals surface area contributed by atoms with Crippen molar-refractivity contribution in [2.24, 2.45) is 16.8 Å². The number of aliphatic imine (C=N–C) groups is 1. The number of phenolic OH excluding ortho intramolecular Hbond substituents is 2. The van der Waals surface area contributed by atoms with Crippen molar-refractivity contribution in [1.29, 1.82) is 0 Å². The van der Waals surface area contributed by atoms with Gasteiger partial charge in [-0.15, -0.1) is 0 Å². The molecule has 1 heterocycles. The minimum atomic E-state index is -3.92. The topological polar surface area (TPSA) is 128 Å². The van der Waals surface area contributed by atoms with Crippen LogP contribution in [-0.2, 0) is 21.2 Å². The van der Waals surface area contributed by atoms with Gasteiger partial charge >= 0.3 is 0 Å². The predicted octanol–water partition coefficient (Wildman–Crippen LogP) is 3.34. The van der Waals surface area contributed by atoms with Gasteiger partial charge in [0.2, 0.25) is 15.9 Å². The van der Waals surface area contributed by atoms with Crippen LogP contribution in [0.3, 0.4) is 0 Å². The number of fused-ring (bicyclic) bond motifs is 3. The van der Waals surface area contributed by atoms with E-state index in [1.807, 2.05) is 0 Å². The van der Waals surface area contributed by atoms with E-state index >= 15 is 0 Å². The lowest BCUT2D eigenvalue weighted by Crippen LogP contribution is -2.38. The zero-order valence-electron chi connectivity index (χ0n) is 19.8. The number of benzene rings is 2. The van der Waals surface area contributed by atoms with Crippen molar-refractivity contribution in [3.63, 3.8) is 0 Å². The number of aryl methyl sites for hydroxylation is 1. The molecule has 5 rings (SSSR count). The lowest BCUT2D eigenvalue weighted by molar-refractivity contribution is -0.124. The van der Waals surface area contributed by atoms with Gasteiger partial charge in [-0.2, -0.15) is 0 Å². The van der Waals surface area contributed by atoms with E-state index in [2.05, 4.69) is 10.0 Å². The fourth-order valence-electron chi connectivity index (χ4n) is 5.70. The maximum Gasteiger partial charge on any atom is 0.243 e. The molecule has 8 nitrogen and oxygen atoms in total. The van der Waals surface area contributed by atoms with E-state index in [0.717, 1.165) is 30.0 Å². The molecule has 0 unspecified atom stereocenters. The first-order valence-electron chi connectivity index (χ1n) is 12.4. The lowest BCUT2D eigenvalue weighted by Gasteiger charge is -2.28. The number of nitrogens with zero attached hydrogens (tertiary/aromatic N) is 1. The molecule has 4 N–H and O–H groups in total. The van der Waals surface area contributed by atoms with Crippen LogP contribution in [0.15, 0.2) is 46.3 Å². The molecule has 2 aliphatic carbocycles. The molecule has 0 saturated heterocycles. The van der Waals surface area contributed by atoms with Crippen LogP contribution in [0.4, 0.5) is 4.39 Å². The number of rotatable bonds is 5. The smallest absolute Gasteiger partial charge is 0.243 e. The summed E-state index contributed by atoms with van der Waals surface area (Å²) >= 11 is 0. The molecule has 0 bridgehead atoms. The number of amidine groups is 1. The Balaban J connectivity index is 1.12. The SMILES string of the molecule is O=C(NC1=N[C@@H]2CCc3cc(O)c(O)cc3[C@@H]2C1)C1CCC(CNS(=O)(=O)c2ccccc2F)CC1. The van der Waals surface area contributed by atoms with Gasteiger partial charge in [-0.3, -0.25) is 9.79 Å². The summed E-state index contributed by atoms with van der Waals surface area (Å²) in [6.45, 7) is 0.211. The van der Waals surface area contributed by atoms with Crippen molar-refractivity contribution in [2.45, 2.75) is 61.8 Å². The number of hydrogen-bond acceptors (Lipinski definition) is 6. The Hall–Kier alpha value is -2.98. The van der Waals surface area contributed by atoms with Gasteiger partial charge < -0.3 is 15.5 Å². The van der Waals surface area contributed by atoms with Gasteiger partial charge in [0.15, 0.2) is 11.5 Å². The molecule has 2 aromatic carbocycles. The molecule has 1 amide bonds. The minimum Gasteiger partial charge on any atom is -0.504 e. The molecule has 1 aliphatic heterocycles. The molecular weight excluding hydrogens is 485 g/mol. The maximum absolute atomic E-state index is 13.9. The van der Waals surface area contributed by atoms with Crippen molar-refractivity contribution < 1.29 is 27.8 Å². The Labute approximate surface area is 209 Å². The Morgan fingerprint density at radius 3 is 2.53 bits per heavy atom. The van der Waals surface area contributed by atoms with Crippen molar-refractivity contribution in [3.05, 3.63) is 53.3 Å². The van der Waals surface area contributed by atoms with E-state index in [0.29, 0.717) is 37.9 Å². The summed E-state index contributed by atoms with van der Waals surface area (Å²) in [6.07, 6.45) is 4.87. The number of carbonyl (C=O) groups is 1. The normalized spacial score (nSPS) is 25.5. The average Bonchev–Trinajstić information content (AvgIpc) is 3.27. The molecule has 192 valence electrons. The number of sulfonamides is 1. The van der Waals surface area contributed by atoms with Crippen molar-refractivity contribution in [2.75, 3.05) is 6.54 Å². The molecule has 2 atom stereocenters. The second-order valence-corrected chi connectivity index (χ2v) is 11.8. The van der Waals surface area contributed by atoms with Crippen LogP contribution in [0.25, 0.3) is 0 Å². The largest absolute Gasteiger partial charge is 0.504 e. The van der Waals surface area contributed by atoms with Crippen LogP contribution in [0.1, 0.15) is 55.6 Å². The Morgan fingerprint density at radius 2 is 1.78 bits per heavy atom.